The molecule has 0 radical (unpaired) electrons. The second kappa shape index (κ2) is 5.51. The van der Waals surface area contributed by atoms with E-state index in [1.807, 2.05) is 43.3 Å². The Hall–Kier alpha value is -1.37. The van der Waals surface area contributed by atoms with Crippen molar-refractivity contribution in [2.24, 2.45) is 0 Å². The topological polar surface area (TPSA) is 38.3 Å². The smallest absolute Gasteiger partial charge is 0.257 e. The lowest BCUT2D eigenvalue weighted by molar-refractivity contribution is 0.397. The van der Waals surface area contributed by atoms with Crippen molar-refractivity contribution in [3.8, 4) is 17.1 Å². The van der Waals surface area contributed by atoms with Crippen LogP contribution in [0.3, 0.4) is 0 Å². The van der Waals surface area contributed by atoms with Crippen molar-refractivity contribution >= 4 is 28.4 Å². The van der Waals surface area contributed by atoms with Gasteiger partial charge in [0.2, 0.25) is 0 Å². The van der Waals surface area contributed by atoms with Gasteiger partial charge in [0.15, 0.2) is 5.82 Å². The Morgan fingerprint density at radius 2 is 1.94 bits per heavy atom. The van der Waals surface area contributed by atoms with E-state index in [4.69, 9.17) is 4.74 Å². The van der Waals surface area contributed by atoms with E-state index < -0.39 is 0 Å². The Balaban J connectivity index is 2.51. The van der Waals surface area contributed by atoms with Gasteiger partial charge in [0.25, 0.3) is 5.88 Å². The van der Waals surface area contributed by atoms with E-state index in [-0.39, 0.29) is 0 Å². The van der Waals surface area contributed by atoms with E-state index in [1.165, 1.54) is 0 Å². The van der Waals surface area contributed by atoms with Crippen LogP contribution in [0.2, 0.25) is 0 Å². The van der Waals surface area contributed by atoms with Gasteiger partial charge in [-0.05, 0) is 28.7 Å². The predicted octanol–water partition coefficient (Wildman–Crippen LogP) is 2.82. The van der Waals surface area contributed by atoms with E-state index >= 15 is 0 Å². The minimum Gasteiger partial charge on any atom is -0.478 e. The predicted molar refractivity (Wildman–Crippen MR) is 81.1 cm³/mol. The second-order valence-corrected chi connectivity index (χ2v) is 5.12. The number of benzene rings is 1. The van der Waals surface area contributed by atoms with Crippen LogP contribution in [-0.2, 0) is 0 Å². The maximum atomic E-state index is 5.29. The number of halogens is 1. The molecule has 2 aromatic rings. The number of methoxy groups -OCH3 is 1. The van der Waals surface area contributed by atoms with Crippen molar-refractivity contribution in [2.45, 2.75) is 0 Å². The van der Waals surface area contributed by atoms with Gasteiger partial charge in [-0.3, -0.25) is 0 Å². The molecule has 0 aliphatic rings. The average Bonchev–Trinajstić information content (AvgIpc) is 2.38. The standard InChI is InChI=1S/C13H14IN3O/c1-17(2)12-13(18-3)16-11(8-15-12)9-6-4-5-7-10(9)14/h4-8H,1-3H3. The first-order chi connectivity index (χ1) is 8.63. The van der Waals surface area contributed by atoms with Gasteiger partial charge in [0.1, 0.15) is 0 Å². The van der Waals surface area contributed by atoms with Crippen LogP contribution in [-0.4, -0.2) is 31.2 Å². The van der Waals surface area contributed by atoms with E-state index in [0.29, 0.717) is 5.88 Å². The molecule has 0 aliphatic heterocycles. The van der Waals surface area contributed by atoms with Crippen LogP contribution in [0.15, 0.2) is 30.5 Å². The Morgan fingerprint density at radius 1 is 1.22 bits per heavy atom. The Morgan fingerprint density at radius 3 is 2.56 bits per heavy atom. The van der Waals surface area contributed by atoms with E-state index in [2.05, 4.69) is 32.6 Å². The SMILES string of the molecule is COc1nc(-c2ccccc2I)cnc1N(C)C. The van der Waals surface area contributed by atoms with Gasteiger partial charge in [-0.25, -0.2) is 9.97 Å². The van der Waals surface area contributed by atoms with Gasteiger partial charge >= 0.3 is 0 Å². The average molecular weight is 355 g/mol. The first kappa shape index (κ1) is 13.1. The zero-order valence-corrected chi connectivity index (χ0v) is 12.7. The number of ether oxygens (including phenoxy) is 1. The number of hydrogen-bond donors (Lipinski definition) is 0. The molecule has 0 N–H and O–H groups in total. The lowest BCUT2D eigenvalue weighted by atomic mass is 10.2. The Bertz CT molecular complexity index is 558. The van der Waals surface area contributed by atoms with Crippen molar-refractivity contribution in [1.29, 1.82) is 0 Å². The fourth-order valence-corrected chi connectivity index (χ4v) is 2.27. The zero-order chi connectivity index (χ0) is 13.1. The van der Waals surface area contributed by atoms with Gasteiger partial charge < -0.3 is 9.64 Å². The molecule has 2 rings (SSSR count). The summed E-state index contributed by atoms with van der Waals surface area (Å²) < 4.78 is 6.43. The van der Waals surface area contributed by atoms with Crippen molar-refractivity contribution < 1.29 is 4.74 Å². The minimum atomic E-state index is 0.539. The van der Waals surface area contributed by atoms with E-state index in [1.54, 1.807) is 13.3 Å². The molecule has 0 fully saturated rings. The van der Waals surface area contributed by atoms with Crippen molar-refractivity contribution in [3.63, 3.8) is 0 Å². The molecule has 0 saturated heterocycles. The van der Waals surface area contributed by atoms with E-state index in [0.717, 1.165) is 20.6 Å². The quantitative estimate of drug-likeness (QED) is 0.794. The first-order valence-corrected chi connectivity index (χ1v) is 6.54. The Kier molecular flexibility index (Phi) is 4.00. The van der Waals surface area contributed by atoms with Crippen LogP contribution in [0, 0.1) is 3.57 Å². The first-order valence-electron chi connectivity index (χ1n) is 5.46. The summed E-state index contributed by atoms with van der Waals surface area (Å²) in [7, 11) is 5.44. The molecule has 0 unspecified atom stereocenters. The molecule has 5 heteroatoms. The third-order valence-corrected chi connectivity index (χ3v) is 3.43. The highest BCUT2D eigenvalue weighted by atomic mass is 127. The van der Waals surface area contributed by atoms with Crippen LogP contribution in [0.5, 0.6) is 5.88 Å². The van der Waals surface area contributed by atoms with Gasteiger partial charge in [-0.2, -0.15) is 0 Å². The summed E-state index contributed by atoms with van der Waals surface area (Å²) in [5, 5.41) is 0. The molecule has 0 amide bonds. The number of hydrogen-bond acceptors (Lipinski definition) is 4. The molecular formula is C13H14IN3O. The normalized spacial score (nSPS) is 10.2. The number of aromatic nitrogens is 2. The molecule has 0 bridgehead atoms. The molecule has 18 heavy (non-hydrogen) atoms. The molecule has 0 aliphatic carbocycles. The lowest BCUT2D eigenvalue weighted by Crippen LogP contribution is -2.13. The summed E-state index contributed by atoms with van der Waals surface area (Å²) >= 11 is 2.29. The summed E-state index contributed by atoms with van der Waals surface area (Å²) in [4.78, 5) is 10.8. The summed E-state index contributed by atoms with van der Waals surface area (Å²) in [6.07, 6.45) is 1.77. The molecule has 0 saturated carbocycles. The van der Waals surface area contributed by atoms with Gasteiger partial charge in [-0.1, -0.05) is 18.2 Å². The highest BCUT2D eigenvalue weighted by molar-refractivity contribution is 14.1. The van der Waals surface area contributed by atoms with Gasteiger partial charge in [-0.15, -0.1) is 0 Å². The third-order valence-electron chi connectivity index (χ3n) is 2.49. The summed E-state index contributed by atoms with van der Waals surface area (Å²) in [6, 6.07) is 8.07. The largest absolute Gasteiger partial charge is 0.478 e. The lowest BCUT2D eigenvalue weighted by Gasteiger charge is -2.15. The van der Waals surface area contributed by atoms with E-state index in [9.17, 15) is 0 Å². The van der Waals surface area contributed by atoms with Gasteiger partial charge in [0, 0.05) is 23.2 Å². The molecule has 1 heterocycles. The molecule has 1 aromatic heterocycles. The number of rotatable bonds is 3. The molecule has 94 valence electrons. The highest BCUT2D eigenvalue weighted by Gasteiger charge is 2.12. The van der Waals surface area contributed by atoms with Crippen LogP contribution < -0.4 is 9.64 Å². The Labute approximate surface area is 120 Å². The minimum absolute atomic E-state index is 0.539. The van der Waals surface area contributed by atoms with Crippen LogP contribution in [0.25, 0.3) is 11.3 Å². The van der Waals surface area contributed by atoms with Crippen LogP contribution in [0.4, 0.5) is 5.82 Å². The molecule has 1 aromatic carbocycles. The van der Waals surface area contributed by atoms with Crippen molar-refractivity contribution in [3.05, 3.63) is 34.0 Å². The molecular weight excluding hydrogens is 341 g/mol. The van der Waals surface area contributed by atoms with Gasteiger partial charge in [0.05, 0.1) is 19.0 Å². The number of anilines is 1. The van der Waals surface area contributed by atoms with Crippen LogP contribution >= 0.6 is 22.6 Å². The fraction of sp³-hybridized carbons (Fsp3) is 0.231. The highest BCUT2D eigenvalue weighted by Crippen LogP contribution is 2.28. The summed E-state index contributed by atoms with van der Waals surface area (Å²) in [6.45, 7) is 0. The summed E-state index contributed by atoms with van der Waals surface area (Å²) in [5.74, 6) is 1.27. The zero-order valence-electron chi connectivity index (χ0n) is 10.5. The molecule has 4 nitrogen and oxygen atoms in total. The van der Waals surface area contributed by atoms with Crippen LogP contribution in [0.1, 0.15) is 0 Å². The fourth-order valence-electron chi connectivity index (χ4n) is 1.61. The molecule has 0 atom stereocenters. The monoisotopic (exact) mass is 355 g/mol. The maximum Gasteiger partial charge on any atom is 0.257 e. The maximum absolute atomic E-state index is 5.29. The number of nitrogens with zero attached hydrogens (tertiary/aromatic N) is 3. The molecule has 0 spiro atoms. The summed E-state index contributed by atoms with van der Waals surface area (Å²) in [5.41, 5.74) is 1.89. The van der Waals surface area contributed by atoms with Crippen molar-refractivity contribution in [2.75, 3.05) is 26.1 Å². The second-order valence-electron chi connectivity index (χ2n) is 3.96. The van der Waals surface area contributed by atoms with Crippen molar-refractivity contribution in [1.82, 2.24) is 9.97 Å². The third kappa shape index (κ3) is 2.55.